The fourth-order valence-corrected chi connectivity index (χ4v) is 5.63. The Hall–Kier alpha value is -2.93. The summed E-state index contributed by atoms with van der Waals surface area (Å²) in [4.78, 5) is 31.7. The molecule has 8 heteroatoms. The molecule has 7 nitrogen and oxygen atoms in total. The number of carbonyl (C=O) groups is 2. The molecule has 0 aliphatic carbocycles. The topological polar surface area (TPSA) is 83.9 Å². The number of benzene rings is 1. The van der Waals surface area contributed by atoms with Gasteiger partial charge in [0, 0.05) is 54.5 Å². The number of imidazole rings is 1. The Kier molecular flexibility index (Phi) is 7.93. The second-order valence-electron chi connectivity index (χ2n) is 11.2. The molecule has 4 rings (SSSR count). The maximum absolute atomic E-state index is 13.4. The van der Waals surface area contributed by atoms with Crippen LogP contribution in [0.2, 0.25) is 5.02 Å². The predicted octanol–water partition coefficient (Wildman–Crippen LogP) is 5.82. The third kappa shape index (κ3) is 5.66. The molecule has 3 aromatic rings. The number of halogens is 1. The summed E-state index contributed by atoms with van der Waals surface area (Å²) in [5.74, 6) is 1.16. The molecule has 3 heterocycles. The molecule has 1 saturated heterocycles. The van der Waals surface area contributed by atoms with Crippen molar-refractivity contribution in [2.75, 3.05) is 13.1 Å². The largest absolute Gasteiger partial charge is 0.338 e. The fourth-order valence-electron chi connectivity index (χ4n) is 5.19. The molecule has 0 bridgehead atoms. The molecule has 37 heavy (non-hydrogen) atoms. The number of nitrogens with one attached hydrogen (secondary N) is 1. The molecule has 198 valence electrons. The summed E-state index contributed by atoms with van der Waals surface area (Å²) >= 11 is 6.55. The summed E-state index contributed by atoms with van der Waals surface area (Å²) < 4.78 is 2.13. The van der Waals surface area contributed by atoms with Crippen molar-refractivity contribution in [3.05, 3.63) is 58.3 Å². The lowest BCUT2D eigenvalue weighted by Gasteiger charge is -2.38. The number of Topliss-reactive ketones (excluding diaryl/α,β-unsaturated/α-hetero) is 1. The molecule has 1 aliphatic heterocycles. The van der Waals surface area contributed by atoms with Crippen LogP contribution < -0.4 is 0 Å². The first-order valence-corrected chi connectivity index (χ1v) is 13.6. The summed E-state index contributed by atoms with van der Waals surface area (Å²) in [6, 6.07) is 4.09. The van der Waals surface area contributed by atoms with Gasteiger partial charge in [-0.25, -0.2) is 4.98 Å². The summed E-state index contributed by atoms with van der Waals surface area (Å²) in [5.41, 5.74) is 4.44. The van der Waals surface area contributed by atoms with Gasteiger partial charge in [-0.2, -0.15) is 5.10 Å². The van der Waals surface area contributed by atoms with E-state index in [4.69, 9.17) is 16.6 Å². The summed E-state index contributed by atoms with van der Waals surface area (Å²) in [5, 5.41) is 9.50. The third-order valence-electron chi connectivity index (χ3n) is 7.27. The predicted molar refractivity (Wildman–Crippen MR) is 148 cm³/mol. The van der Waals surface area contributed by atoms with Crippen molar-refractivity contribution >= 4 is 34.2 Å². The Morgan fingerprint density at radius 2 is 1.97 bits per heavy atom. The van der Waals surface area contributed by atoms with Gasteiger partial charge >= 0.3 is 0 Å². The van der Waals surface area contributed by atoms with Gasteiger partial charge in [0.2, 0.25) is 5.91 Å². The number of ketones is 1. The molecule has 0 radical (unpaired) electrons. The highest BCUT2D eigenvalue weighted by Crippen LogP contribution is 2.34. The number of aryl methyl sites for hydroxylation is 3. The van der Waals surface area contributed by atoms with Crippen LogP contribution in [0.15, 0.2) is 24.8 Å². The molecular formula is C29H38ClN5O2. The van der Waals surface area contributed by atoms with Crippen LogP contribution in [-0.4, -0.2) is 49.4 Å². The van der Waals surface area contributed by atoms with Crippen LogP contribution in [-0.2, 0) is 29.6 Å². The van der Waals surface area contributed by atoms with Crippen LogP contribution in [0, 0.1) is 12.8 Å². The van der Waals surface area contributed by atoms with Crippen molar-refractivity contribution in [3.8, 4) is 0 Å². The molecule has 1 N–H and O–H groups in total. The van der Waals surface area contributed by atoms with Gasteiger partial charge in [0.1, 0.15) is 11.5 Å². The van der Waals surface area contributed by atoms with E-state index in [1.165, 1.54) is 6.08 Å². The third-order valence-corrected chi connectivity index (χ3v) is 7.58. The zero-order valence-electron chi connectivity index (χ0n) is 22.7. The number of aromatic nitrogens is 4. The van der Waals surface area contributed by atoms with E-state index in [-0.39, 0.29) is 23.0 Å². The first-order valence-electron chi connectivity index (χ1n) is 13.2. The minimum atomic E-state index is -0.0709. The number of H-pyrrole nitrogens is 1. The van der Waals surface area contributed by atoms with Crippen LogP contribution in [0.5, 0.6) is 0 Å². The molecule has 2 aromatic heterocycles. The Balaban J connectivity index is 1.54. The minimum absolute atomic E-state index is 0.0704. The van der Waals surface area contributed by atoms with E-state index < -0.39 is 0 Å². The van der Waals surface area contributed by atoms with Crippen molar-refractivity contribution in [1.29, 1.82) is 0 Å². The number of aromatic amines is 1. The fraction of sp³-hybridized carbons (Fsp3) is 0.517. The van der Waals surface area contributed by atoms with Gasteiger partial charge in [0.15, 0.2) is 5.78 Å². The van der Waals surface area contributed by atoms with E-state index in [0.717, 1.165) is 64.5 Å². The van der Waals surface area contributed by atoms with Crippen molar-refractivity contribution in [2.45, 2.75) is 78.7 Å². The van der Waals surface area contributed by atoms with Gasteiger partial charge in [-0.05, 0) is 49.0 Å². The zero-order valence-corrected chi connectivity index (χ0v) is 23.4. The maximum Gasteiger partial charge on any atom is 0.245 e. The zero-order chi connectivity index (χ0) is 26.9. The Morgan fingerprint density at radius 3 is 2.62 bits per heavy atom. The van der Waals surface area contributed by atoms with Gasteiger partial charge in [0.25, 0.3) is 0 Å². The quantitative estimate of drug-likeness (QED) is 0.268. The standard InChI is InChI=1S/C29H38ClN5O2/c1-7-9-12-35-26(31-18(3)28(35)25(36)13-19-16-34(17-19)27(37)8-2)11-10-23-20-14-21(29(4,5)6)22(30)15-24(20)33-32-23/h8,14-15,19H,2,7,9-13,16-17H2,1,3-6H3,(H,32,33). The second kappa shape index (κ2) is 10.8. The van der Waals surface area contributed by atoms with Gasteiger partial charge < -0.3 is 9.47 Å². The number of nitrogens with zero attached hydrogens (tertiary/aromatic N) is 4. The highest BCUT2D eigenvalue weighted by atomic mass is 35.5. The second-order valence-corrected chi connectivity index (χ2v) is 11.6. The lowest BCUT2D eigenvalue weighted by Crippen LogP contribution is -2.50. The molecule has 0 atom stereocenters. The maximum atomic E-state index is 13.4. The van der Waals surface area contributed by atoms with E-state index in [9.17, 15) is 9.59 Å². The van der Waals surface area contributed by atoms with Crippen molar-refractivity contribution in [3.63, 3.8) is 0 Å². The number of hydrogen-bond donors (Lipinski definition) is 1. The highest BCUT2D eigenvalue weighted by Gasteiger charge is 2.32. The first-order chi connectivity index (χ1) is 17.5. The number of unbranched alkanes of at least 4 members (excludes halogenated alkanes) is 1. The van der Waals surface area contributed by atoms with Crippen LogP contribution >= 0.6 is 11.6 Å². The van der Waals surface area contributed by atoms with Gasteiger partial charge in [-0.15, -0.1) is 0 Å². The van der Waals surface area contributed by atoms with Crippen molar-refractivity contribution in [1.82, 2.24) is 24.6 Å². The molecule has 0 saturated carbocycles. The summed E-state index contributed by atoms with van der Waals surface area (Å²) in [6.07, 6.45) is 5.21. The number of rotatable bonds is 10. The van der Waals surface area contributed by atoms with Crippen molar-refractivity contribution in [2.24, 2.45) is 5.92 Å². The number of hydrogen-bond acceptors (Lipinski definition) is 4. The molecule has 1 aromatic carbocycles. The van der Waals surface area contributed by atoms with Gasteiger partial charge in [-0.1, -0.05) is 52.3 Å². The molecular weight excluding hydrogens is 486 g/mol. The minimum Gasteiger partial charge on any atom is -0.338 e. The lowest BCUT2D eigenvalue weighted by molar-refractivity contribution is -0.132. The summed E-state index contributed by atoms with van der Waals surface area (Å²) in [6.45, 7) is 16.1. The smallest absolute Gasteiger partial charge is 0.245 e. The molecule has 1 amide bonds. The van der Waals surface area contributed by atoms with E-state index in [1.54, 1.807) is 4.90 Å². The van der Waals surface area contributed by atoms with Gasteiger partial charge in [-0.3, -0.25) is 14.7 Å². The number of amides is 1. The molecule has 0 spiro atoms. The Bertz CT molecular complexity index is 1320. The monoisotopic (exact) mass is 523 g/mol. The first kappa shape index (κ1) is 27.1. The van der Waals surface area contributed by atoms with Crippen molar-refractivity contribution < 1.29 is 9.59 Å². The Morgan fingerprint density at radius 1 is 1.24 bits per heavy atom. The van der Waals surface area contributed by atoms with E-state index in [1.807, 2.05) is 13.0 Å². The highest BCUT2D eigenvalue weighted by molar-refractivity contribution is 6.32. The van der Waals surface area contributed by atoms with Crippen LogP contribution in [0.1, 0.15) is 80.2 Å². The Labute approximate surface area is 224 Å². The molecule has 1 fully saturated rings. The van der Waals surface area contributed by atoms with Crippen LogP contribution in [0.25, 0.3) is 10.9 Å². The normalized spacial score (nSPS) is 14.3. The lowest BCUT2D eigenvalue weighted by atomic mass is 9.86. The average molecular weight is 524 g/mol. The SMILES string of the molecule is C=CC(=O)N1CC(CC(=O)c2c(C)nc(CCc3[nH]nc4cc(Cl)c(C(C)(C)C)cc34)n2CCCC)C1. The van der Waals surface area contributed by atoms with E-state index in [0.29, 0.717) is 31.6 Å². The number of likely N-dealkylation sites (tertiary alicyclic amines) is 1. The average Bonchev–Trinajstić information content (AvgIpc) is 3.35. The number of fused-ring (bicyclic) bond motifs is 1. The van der Waals surface area contributed by atoms with Crippen LogP contribution in [0.3, 0.4) is 0 Å². The van der Waals surface area contributed by atoms with Gasteiger partial charge in [0.05, 0.1) is 11.2 Å². The number of carbonyl (C=O) groups excluding carboxylic acids is 2. The molecule has 0 unspecified atom stereocenters. The van der Waals surface area contributed by atoms with E-state index in [2.05, 4.69) is 55.1 Å². The van der Waals surface area contributed by atoms with Crippen LogP contribution in [0.4, 0.5) is 0 Å². The summed E-state index contributed by atoms with van der Waals surface area (Å²) in [7, 11) is 0. The molecule has 1 aliphatic rings. The van der Waals surface area contributed by atoms with E-state index >= 15 is 0 Å².